The molecule has 0 fully saturated rings. The molecule has 5 nitrogen and oxygen atoms in total. The number of benzene rings is 8. The van der Waals surface area contributed by atoms with Gasteiger partial charge >= 0.3 is 0 Å². The van der Waals surface area contributed by atoms with Crippen molar-refractivity contribution in [2.75, 3.05) is 0 Å². The quantitative estimate of drug-likeness (QED) is 0.167. The van der Waals surface area contributed by atoms with Crippen LogP contribution in [0, 0.1) is 0 Å². The first-order chi connectivity index (χ1) is 26.7. The minimum absolute atomic E-state index is 0.551. The molecule has 0 spiro atoms. The molecule has 0 atom stereocenters. The van der Waals surface area contributed by atoms with Gasteiger partial charge in [0.15, 0.2) is 23.1 Å². The zero-order chi connectivity index (χ0) is 35.6. The third-order valence-electron chi connectivity index (χ3n) is 10.2. The minimum Gasteiger partial charge on any atom is -0.436 e. The van der Waals surface area contributed by atoms with Gasteiger partial charge in [-0.3, -0.25) is 0 Å². The Bertz CT molecular complexity index is 3210. The van der Waals surface area contributed by atoms with Crippen LogP contribution in [-0.4, -0.2) is 19.9 Å². The van der Waals surface area contributed by atoms with Crippen molar-refractivity contribution in [2.24, 2.45) is 0 Å². The summed E-state index contributed by atoms with van der Waals surface area (Å²) in [7, 11) is 0. The fourth-order valence-electron chi connectivity index (χ4n) is 7.62. The molecule has 0 unspecified atom stereocenters. The normalized spacial score (nSPS) is 11.7. The lowest BCUT2D eigenvalue weighted by molar-refractivity contribution is 0.620. The second-order valence-corrected chi connectivity index (χ2v) is 14.5. The van der Waals surface area contributed by atoms with Crippen LogP contribution in [0.3, 0.4) is 0 Å². The van der Waals surface area contributed by atoms with E-state index in [4.69, 9.17) is 24.4 Å². The first-order valence-electron chi connectivity index (χ1n) is 17.9. The summed E-state index contributed by atoms with van der Waals surface area (Å²) in [6.07, 6.45) is 0. The molecule has 252 valence electrons. The number of rotatable bonds is 5. The SMILES string of the molecule is c1ccc(-c2nc(-c3ccc(-c4cc5ccccc5c5ccccc45)cc3)nc(-c3c4nc(-c5ccccc5)oc4cc4sc5ccccc5c34)n2)cc1. The molecule has 54 heavy (non-hydrogen) atoms. The monoisotopic (exact) mass is 708 g/mol. The van der Waals surface area contributed by atoms with Gasteiger partial charge in [0, 0.05) is 42.9 Å². The van der Waals surface area contributed by atoms with E-state index in [0.717, 1.165) is 48.8 Å². The number of hydrogen-bond donors (Lipinski definition) is 0. The molecule has 0 radical (unpaired) electrons. The van der Waals surface area contributed by atoms with E-state index >= 15 is 0 Å². The summed E-state index contributed by atoms with van der Waals surface area (Å²) in [6.45, 7) is 0. The summed E-state index contributed by atoms with van der Waals surface area (Å²) < 4.78 is 8.75. The molecular weight excluding hydrogens is 681 g/mol. The Morgan fingerprint density at radius 2 is 0.981 bits per heavy atom. The van der Waals surface area contributed by atoms with Gasteiger partial charge in [-0.15, -0.1) is 11.3 Å². The van der Waals surface area contributed by atoms with Gasteiger partial charge in [-0.2, -0.15) is 0 Å². The molecule has 0 N–H and O–H groups in total. The Hall–Kier alpha value is -7.02. The fourth-order valence-corrected chi connectivity index (χ4v) is 8.76. The average Bonchev–Trinajstić information content (AvgIpc) is 3.84. The van der Waals surface area contributed by atoms with Crippen molar-refractivity contribution in [3.8, 4) is 56.7 Å². The van der Waals surface area contributed by atoms with Crippen LogP contribution in [0.2, 0.25) is 0 Å². The maximum Gasteiger partial charge on any atom is 0.227 e. The summed E-state index contributed by atoms with van der Waals surface area (Å²) >= 11 is 1.73. The zero-order valence-corrected chi connectivity index (χ0v) is 29.6. The molecule has 11 aromatic rings. The first-order valence-corrected chi connectivity index (χ1v) is 18.7. The van der Waals surface area contributed by atoms with E-state index in [2.05, 4.69) is 109 Å². The highest BCUT2D eigenvalue weighted by atomic mass is 32.1. The lowest BCUT2D eigenvalue weighted by Gasteiger charge is -2.12. The van der Waals surface area contributed by atoms with E-state index in [-0.39, 0.29) is 0 Å². The van der Waals surface area contributed by atoms with Crippen molar-refractivity contribution in [1.29, 1.82) is 0 Å². The van der Waals surface area contributed by atoms with Crippen molar-refractivity contribution in [2.45, 2.75) is 0 Å². The minimum atomic E-state index is 0.551. The molecule has 0 aliphatic heterocycles. The molecule has 6 heteroatoms. The Balaban J connectivity index is 1.14. The Kier molecular flexibility index (Phi) is 6.97. The van der Waals surface area contributed by atoms with Crippen LogP contribution >= 0.6 is 11.3 Å². The highest BCUT2D eigenvalue weighted by Gasteiger charge is 2.24. The molecular formula is C48H28N4OS. The lowest BCUT2D eigenvalue weighted by atomic mass is 9.93. The molecule has 0 saturated heterocycles. The highest BCUT2D eigenvalue weighted by Crippen LogP contribution is 2.45. The van der Waals surface area contributed by atoms with Crippen LogP contribution in [0.4, 0.5) is 0 Å². The first kappa shape index (κ1) is 30.6. The second-order valence-electron chi connectivity index (χ2n) is 13.4. The van der Waals surface area contributed by atoms with Crippen LogP contribution in [0.15, 0.2) is 174 Å². The smallest absolute Gasteiger partial charge is 0.227 e. The van der Waals surface area contributed by atoms with Gasteiger partial charge in [0.2, 0.25) is 5.89 Å². The Morgan fingerprint density at radius 3 is 1.74 bits per heavy atom. The summed E-state index contributed by atoms with van der Waals surface area (Å²) in [6, 6.07) is 58.8. The maximum absolute atomic E-state index is 6.49. The zero-order valence-electron chi connectivity index (χ0n) is 28.8. The van der Waals surface area contributed by atoms with Crippen molar-refractivity contribution >= 4 is 64.2 Å². The third kappa shape index (κ3) is 4.99. The summed E-state index contributed by atoms with van der Waals surface area (Å²) in [5.41, 5.74) is 7.29. The van der Waals surface area contributed by atoms with Crippen LogP contribution in [-0.2, 0) is 0 Å². The molecule has 0 amide bonds. The van der Waals surface area contributed by atoms with E-state index in [9.17, 15) is 0 Å². The predicted octanol–water partition coefficient (Wildman–Crippen LogP) is 13.0. The summed E-state index contributed by atoms with van der Waals surface area (Å²) in [5.74, 6) is 2.29. The van der Waals surface area contributed by atoms with Crippen molar-refractivity contribution in [3.63, 3.8) is 0 Å². The van der Waals surface area contributed by atoms with Gasteiger partial charge in [0.05, 0.1) is 5.56 Å². The second kappa shape index (κ2) is 12.3. The third-order valence-corrected chi connectivity index (χ3v) is 11.3. The van der Waals surface area contributed by atoms with Gasteiger partial charge in [0.1, 0.15) is 5.52 Å². The fraction of sp³-hybridized carbons (Fsp3) is 0. The molecule has 8 aromatic carbocycles. The van der Waals surface area contributed by atoms with E-state index in [1.807, 2.05) is 60.7 Å². The van der Waals surface area contributed by atoms with E-state index in [1.54, 1.807) is 11.3 Å². The molecule has 11 rings (SSSR count). The van der Waals surface area contributed by atoms with Crippen molar-refractivity contribution in [1.82, 2.24) is 19.9 Å². The number of oxazole rings is 1. The summed E-state index contributed by atoms with van der Waals surface area (Å²) in [5, 5.41) is 7.13. The Morgan fingerprint density at radius 1 is 0.407 bits per heavy atom. The van der Waals surface area contributed by atoms with Crippen LogP contribution < -0.4 is 0 Å². The summed E-state index contributed by atoms with van der Waals surface area (Å²) in [4.78, 5) is 20.7. The maximum atomic E-state index is 6.49. The van der Waals surface area contributed by atoms with Crippen molar-refractivity contribution < 1.29 is 4.42 Å². The molecule has 0 aliphatic rings. The molecule has 0 saturated carbocycles. The number of thiophene rings is 1. The number of aromatic nitrogens is 4. The van der Waals surface area contributed by atoms with Crippen LogP contribution in [0.5, 0.6) is 0 Å². The molecule has 3 heterocycles. The Labute approximate surface area is 313 Å². The van der Waals surface area contributed by atoms with Crippen LogP contribution in [0.1, 0.15) is 0 Å². The largest absolute Gasteiger partial charge is 0.436 e. The molecule has 0 bridgehead atoms. The van der Waals surface area contributed by atoms with E-state index in [0.29, 0.717) is 28.9 Å². The molecule has 3 aromatic heterocycles. The van der Waals surface area contributed by atoms with Crippen molar-refractivity contribution in [3.05, 3.63) is 170 Å². The standard InChI is InChI=1S/C48H28N4OS/c1-3-13-30(14-4-1)45-50-46(31-25-23-29(24-26-31)38-27-33-17-7-8-18-34(33)35-19-9-10-20-36(35)38)52-47(51-45)43-42-37-21-11-12-22-40(37)54-41(42)28-39-44(43)49-48(53-39)32-15-5-2-6-16-32/h1-28H. The van der Waals surface area contributed by atoms with E-state index in [1.165, 1.54) is 31.8 Å². The van der Waals surface area contributed by atoms with Gasteiger partial charge in [-0.1, -0.05) is 140 Å². The van der Waals surface area contributed by atoms with Gasteiger partial charge in [0.25, 0.3) is 0 Å². The topological polar surface area (TPSA) is 64.7 Å². The van der Waals surface area contributed by atoms with Gasteiger partial charge in [-0.05, 0) is 56.9 Å². The number of fused-ring (bicyclic) bond motifs is 7. The average molecular weight is 709 g/mol. The van der Waals surface area contributed by atoms with Gasteiger partial charge in [-0.25, -0.2) is 19.9 Å². The number of nitrogens with zero attached hydrogens (tertiary/aromatic N) is 4. The lowest BCUT2D eigenvalue weighted by Crippen LogP contribution is -2.01. The highest BCUT2D eigenvalue weighted by molar-refractivity contribution is 7.26. The van der Waals surface area contributed by atoms with Gasteiger partial charge < -0.3 is 4.42 Å². The number of hydrogen-bond acceptors (Lipinski definition) is 6. The van der Waals surface area contributed by atoms with E-state index < -0.39 is 0 Å². The molecule has 0 aliphatic carbocycles. The predicted molar refractivity (Wildman–Crippen MR) is 222 cm³/mol. The van der Waals surface area contributed by atoms with Crippen LogP contribution in [0.25, 0.3) is 110 Å².